The number of halogens is 2. The first kappa shape index (κ1) is 15.3. The Bertz CT molecular complexity index is 552. The minimum atomic E-state index is -0.656. The summed E-state index contributed by atoms with van der Waals surface area (Å²) in [4.78, 5) is 4.29. The van der Waals surface area contributed by atoms with Gasteiger partial charge in [-0.05, 0) is 42.3 Å². The van der Waals surface area contributed by atoms with E-state index in [-0.39, 0.29) is 0 Å². The molecule has 1 heterocycles. The third-order valence-corrected chi connectivity index (χ3v) is 3.32. The Morgan fingerprint density at radius 2 is 1.90 bits per heavy atom. The second-order valence-electron chi connectivity index (χ2n) is 4.68. The number of aromatic nitrogens is 1. The lowest BCUT2D eigenvalue weighted by molar-refractivity contribution is 0.174. The lowest BCUT2D eigenvalue weighted by atomic mass is 10.1. The molecule has 3 nitrogen and oxygen atoms in total. The first-order chi connectivity index (χ1) is 9.54. The van der Waals surface area contributed by atoms with Crippen molar-refractivity contribution in [2.24, 2.45) is 0 Å². The van der Waals surface area contributed by atoms with Gasteiger partial charge >= 0.3 is 0 Å². The summed E-state index contributed by atoms with van der Waals surface area (Å²) in [5.74, 6) is 0. The molecule has 5 heteroatoms. The van der Waals surface area contributed by atoms with E-state index in [2.05, 4.69) is 10.3 Å². The molecular formula is C15H16Cl2N2O. The van der Waals surface area contributed by atoms with Crippen LogP contribution in [0.3, 0.4) is 0 Å². The maximum Gasteiger partial charge on any atom is 0.0915 e. The van der Waals surface area contributed by atoms with Gasteiger partial charge in [-0.1, -0.05) is 29.3 Å². The van der Waals surface area contributed by atoms with Gasteiger partial charge < -0.3 is 10.4 Å². The maximum absolute atomic E-state index is 10.1. The molecule has 2 rings (SSSR count). The van der Waals surface area contributed by atoms with Gasteiger partial charge in [0.05, 0.1) is 11.8 Å². The molecule has 20 heavy (non-hydrogen) atoms. The predicted octanol–water partition coefficient (Wildman–Crippen LogP) is 3.52. The van der Waals surface area contributed by atoms with Gasteiger partial charge in [-0.3, -0.25) is 4.98 Å². The SMILES string of the molecule is Cc1ccc(CNCC(O)c2cc(Cl)cc(Cl)c2)nc1. The zero-order valence-electron chi connectivity index (χ0n) is 11.1. The van der Waals surface area contributed by atoms with Crippen molar-refractivity contribution in [2.45, 2.75) is 19.6 Å². The third-order valence-electron chi connectivity index (χ3n) is 2.89. The fourth-order valence-corrected chi connectivity index (χ4v) is 2.37. The number of aryl methyl sites for hydroxylation is 1. The zero-order chi connectivity index (χ0) is 14.5. The van der Waals surface area contributed by atoms with Crippen LogP contribution in [0.25, 0.3) is 0 Å². The molecule has 0 spiro atoms. The molecule has 2 N–H and O–H groups in total. The van der Waals surface area contributed by atoms with Crippen LogP contribution in [0.2, 0.25) is 10.0 Å². The zero-order valence-corrected chi connectivity index (χ0v) is 12.6. The second-order valence-corrected chi connectivity index (χ2v) is 5.55. The molecule has 1 aromatic heterocycles. The van der Waals surface area contributed by atoms with Crippen LogP contribution >= 0.6 is 23.2 Å². The topological polar surface area (TPSA) is 45.1 Å². The van der Waals surface area contributed by atoms with Crippen LogP contribution in [0.4, 0.5) is 0 Å². The summed E-state index contributed by atoms with van der Waals surface area (Å²) in [6.45, 7) is 3.01. The van der Waals surface area contributed by atoms with Gasteiger partial charge in [-0.25, -0.2) is 0 Å². The van der Waals surface area contributed by atoms with E-state index >= 15 is 0 Å². The van der Waals surface area contributed by atoms with Gasteiger partial charge in [0, 0.05) is 29.3 Å². The molecule has 1 aromatic carbocycles. The minimum absolute atomic E-state index is 0.409. The number of benzene rings is 1. The smallest absolute Gasteiger partial charge is 0.0915 e. The largest absolute Gasteiger partial charge is 0.387 e. The van der Waals surface area contributed by atoms with E-state index in [0.29, 0.717) is 28.7 Å². The molecule has 0 bridgehead atoms. The molecule has 0 aliphatic carbocycles. The molecule has 0 aliphatic heterocycles. The van der Waals surface area contributed by atoms with Crippen molar-refractivity contribution >= 4 is 23.2 Å². The number of aliphatic hydroxyl groups is 1. The lowest BCUT2D eigenvalue weighted by Crippen LogP contribution is -2.21. The van der Waals surface area contributed by atoms with Crippen LogP contribution < -0.4 is 5.32 Å². The van der Waals surface area contributed by atoms with Crippen molar-refractivity contribution in [3.05, 3.63) is 63.4 Å². The number of nitrogens with zero attached hydrogens (tertiary/aromatic N) is 1. The van der Waals surface area contributed by atoms with Gasteiger partial charge in [0.1, 0.15) is 0 Å². The summed E-state index contributed by atoms with van der Waals surface area (Å²) in [6, 6.07) is 9.04. The fraction of sp³-hybridized carbons (Fsp3) is 0.267. The van der Waals surface area contributed by atoms with Crippen molar-refractivity contribution < 1.29 is 5.11 Å². The summed E-state index contributed by atoms with van der Waals surface area (Å²) in [5.41, 5.74) is 2.76. The third kappa shape index (κ3) is 4.46. The van der Waals surface area contributed by atoms with E-state index < -0.39 is 6.10 Å². The Morgan fingerprint density at radius 3 is 2.50 bits per heavy atom. The van der Waals surface area contributed by atoms with E-state index in [1.807, 2.05) is 25.3 Å². The Hall–Kier alpha value is -1.13. The highest BCUT2D eigenvalue weighted by atomic mass is 35.5. The van der Waals surface area contributed by atoms with E-state index in [1.165, 1.54) is 0 Å². The second kappa shape index (κ2) is 7.04. The first-order valence-electron chi connectivity index (χ1n) is 6.31. The molecular weight excluding hydrogens is 295 g/mol. The molecule has 0 fully saturated rings. The number of nitrogens with one attached hydrogen (secondary N) is 1. The van der Waals surface area contributed by atoms with Gasteiger partial charge in [-0.15, -0.1) is 0 Å². The Balaban J connectivity index is 1.88. The summed E-state index contributed by atoms with van der Waals surface area (Å²) in [7, 11) is 0. The van der Waals surface area contributed by atoms with E-state index in [0.717, 1.165) is 11.3 Å². The Morgan fingerprint density at radius 1 is 1.20 bits per heavy atom. The van der Waals surface area contributed by atoms with Crippen LogP contribution in [0.1, 0.15) is 22.9 Å². The van der Waals surface area contributed by atoms with Crippen LogP contribution in [-0.4, -0.2) is 16.6 Å². The number of aliphatic hydroxyl groups excluding tert-OH is 1. The molecule has 1 unspecified atom stereocenters. The molecule has 2 aromatic rings. The molecule has 0 saturated carbocycles. The lowest BCUT2D eigenvalue weighted by Gasteiger charge is -2.13. The molecule has 1 atom stereocenters. The van der Waals surface area contributed by atoms with Gasteiger partial charge in [-0.2, -0.15) is 0 Å². The van der Waals surface area contributed by atoms with Crippen LogP contribution in [0.15, 0.2) is 36.5 Å². The summed E-state index contributed by atoms with van der Waals surface area (Å²) in [6.07, 6.45) is 1.17. The average molecular weight is 311 g/mol. The summed E-state index contributed by atoms with van der Waals surface area (Å²) >= 11 is 11.8. The van der Waals surface area contributed by atoms with Crippen LogP contribution in [0, 0.1) is 6.92 Å². The molecule has 0 radical (unpaired) electrons. The number of hydrogen-bond acceptors (Lipinski definition) is 3. The summed E-state index contributed by atoms with van der Waals surface area (Å²) < 4.78 is 0. The van der Waals surface area contributed by atoms with Crippen molar-refractivity contribution in [1.82, 2.24) is 10.3 Å². The van der Waals surface area contributed by atoms with Gasteiger partial charge in [0.15, 0.2) is 0 Å². The van der Waals surface area contributed by atoms with Gasteiger partial charge in [0.2, 0.25) is 0 Å². The normalized spacial score (nSPS) is 12.4. The number of hydrogen-bond donors (Lipinski definition) is 2. The highest BCUT2D eigenvalue weighted by molar-refractivity contribution is 6.34. The molecule has 106 valence electrons. The van der Waals surface area contributed by atoms with Crippen molar-refractivity contribution in [1.29, 1.82) is 0 Å². The predicted molar refractivity (Wildman–Crippen MR) is 82.1 cm³/mol. The maximum atomic E-state index is 10.1. The average Bonchev–Trinajstić information content (AvgIpc) is 2.40. The Kier molecular flexibility index (Phi) is 5.38. The number of rotatable bonds is 5. The minimum Gasteiger partial charge on any atom is -0.387 e. The van der Waals surface area contributed by atoms with Crippen LogP contribution in [0.5, 0.6) is 0 Å². The highest BCUT2D eigenvalue weighted by Gasteiger charge is 2.09. The van der Waals surface area contributed by atoms with Gasteiger partial charge in [0.25, 0.3) is 0 Å². The first-order valence-corrected chi connectivity index (χ1v) is 7.06. The monoisotopic (exact) mass is 310 g/mol. The molecule has 0 amide bonds. The molecule has 0 saturated heterocycles. The van der Waals surface area contributed by atoms with Crippen molar-refractivity contribution in [3.63, 3.8) is 0 Å². The van der Waals surface area contributed by atoms with Crippen molar-refractivity contribution in [3.8, 4) is 0 Å². The van der Waals surface area contributed by atoms with E-state index in [4.69, 9.17) is 23.2 Å². The summed E-state index contributed by atoms with van der Waals surface area (Å²) in [5, 5.41) is 14.3. The fourth-order valence-electron chi connectivity index (χ4n) is 1.83. The Labute approximate surface area is 128 Å². The standard InChI is InChI=1S/C15H16Cl2N2O/c1-10-2-3-14(19-7-10)8-18-9-15(20)11-4-12(16)6-13(17)5-11/h2-7,15,18,20H,8-9H2,1H3. The highest BCUT2D eigenvalue weighted by Crippen LogP contribution is 2.23. The van der Waals surface area contributed by atoms with E-state index in [9.17, 15) is 5.11 Å². The molecule has 0 aliphatic rings. The number of pyridine rings is 1. The quantitative estimate of drug-likeness (QED) is 0.888. The van der Waals surface area contributed by atoms with Crippen LogP contribution in [-0.2, 0) is 6.54 Å². The van der Waals surface area contributed by atoms with E-state index in [1.54, 1.807) is 18.2 Å². The van der Waals surface area contributed by atoms with Crippen molar-refractivity contribution in [2.75, 3.05) is 6.54 Å².